The lowest BCUT2D eigenvalue weighted by atomic mass is 9.93. The Hall–Kier alpha value is -2.43. The Kier molecular flexibility index (Phi) is 8.42. The summed E-state index contributed by atoms with van der Waals surface area (Å²) >= 11 is 0. The van der Waals surface area contributed by atoms with Crippen LogP contribution in [0, 0.1) is 0 Å². The van der Waals surface area contributed by atoms with E-state index in [0.717, 1.165) is 30.3 Å². The summed E-state index contributed by atoms with van der Waals surface area (Å²) in [5.74, 6) is -1.17. The predicted molar refractivity (Wildman–Crippen MR) is 116 cm³/mol. The molecule has 0 amide bonds. The largest absolute Gasteiger partial charge is 0.481 e. The van der Waals surface area contributed by atoms with Crippen molar-refractivity contribution in [3.8, 4) is 0 Å². The van der Waals surface area contributed by atoms with E-state index in [4.69, 9.17) is 0 Å². The Morgan fingerprint density at radius 1 is 1.07 bits per heavy atom. The minimum Gasteiger partial charge on any atom is -0.481 e. The number of carboxylic acids is 1. The molecule has 1 unspecified atom stereocenters. The van der Waals surface area contributed by atoms with Gasteiger partial charge in [0, 0.05) is 30.4 Å². The van der Waals surface area contributed by atoms with Crippen LogP contribution < -0.4 is 5.32 Å². The molecule has 1 heterocycles. The summed E-state index contributed by atoms with van der Waals surface area (Å²) in [5, 5.41) is 15.4. The van der Waals surface area contributed by atoms with E-state index in [2.05, 4.69) is 35.4 Å². The quantitative estimate of drug-likeness (QED) is 0.521. The summed E-state index contributed by atoms with van der Waals surface area (Å²) in [5.41, 5.74) is 2.13. The Bertz CT molecular complexity index is 886. The second kappa shape index (κ2) is 10.8. The number of fused-ring (bicyclic) bond motifs is 1. The Morgan fingerprint density at radius 2 is 1.86 bits per heavy atom. The first-order valence-electron chi connectivity index (χ1n) is 9.47. The fraction of sp³-hybridized carbons (Fsp3) is 0.304. The monoisotopic (exact) mass is 398 g/mol. The van der Waals surface area contributed by atoms with Crippen molar-refractivity contribution in [1.82, 2.24) is 10.3 Å². The van der Waals surface area contributed by atoms with Crippen molar-refractivity contribution in [2.75, 3.05) is 0 Å². The molecule has 3 aromatic rings. The van der Waals surface area contributed by atoms with Crippen LogP contribution in [0.4, 0.5) is 0 Å². The van der Waals surface area contributed by atoms with E-state index in [9.17, 15) is 9.90 Å². The standard InChI is InChI=1S/C23H26N2O2.ClH/c1-17(6-5-9-22(23(26)27)19-7-3-2-4-8-19)25-15-18-10-11-21-16-24-13-12-20(21)14-18;/h2-4,7-8,10-14,16-17,22,25H,5-6,9,15H2,1H3,(H,26,27);1H/t17-,22?;/m1./s1. The molecule has 0 saturated carbocycles. The van der Waals surface area contributed by atoms with Crippen molar-refractivity contribution >= 4 is 29.1 Å². The highest BCUT2D eigenvalue weighted by Gasteiger charge is 2.19. The van der Waals surface area contributed by atoms with E-state index in [1.165, 1.54) is 10.9 Å². The van der Waals surface area contributed by atoms with Crippen molar-refractivity contribution in [2.45, 2.75) is 44.7 Å². The molecule has 0 aliphatic rings. The van der Waals surface area contributed by atoms with Crippen molar-refractivity contribution < 1.29 is 9.90 Å². The van der Waals surface area contributed by atoms with Crippen molar-refractivity contribution in [3.05, 3.63) is 78.1 Å². The molecular weight excluding hydrogens is 372 g/mol. The summed E-state index contributed by atoms with van der Waals surface area (Å²) in [6.45, 7) is 2.96. The molecule has 0 spiro atoms. The van der Waals surface area contributed by atoms with E-state index in [1.54, 1.807) is 0 Å². The molecule has 0 saturated heterocycles. The van der Waals surface area contributed by atoms with E-state index in [1.807, 2.05) is 48.8 Å². The molecule has 2 atom stereocenters. The van der Waals surface area contributed by atoms with Gasteiger partial charge in [-0.15, -0.1) is 12.4 Å². The number of nitrogens with one attached hydrogen (secondary N) is 1. The zero-order chi connectivity index (χ0) is 19.1. The molecule has 2 aromatic carbocycles. The van der Waals surface area contributed by atoms with Crippen LogP contribution in [0.25, 0.3) is 10.8 Å². The van der Waals surface area contributed by atoms with Gasteiger partial charge >= 0.3 is 5.97 Å². The summed E-state index contributed by atoms with van der Waals surface area (Å²) in [6, 6.07) is 18.3. The minimum atomic E-state index is -0.743. The number of benzene rings is 2. The molecule has 0 radical (unpaired) electrons. The number of aromatic nitrogens is 1. The highest BCUT2D eigenvalue weighted by molar-refractivity contribution is 5.85. The SMILES string of the molecule is C[C@H](CCCC(C(=O)O)c1ccccc1)NCc1ccc2cnccc2c1.Cl. The van der Waals surface area contributed by atoms with Crippen LogP contribution in [0.1, 0.15) is 43.2 Å². The van der Waals surface area contributed by atoms with Crippen LogP contribution >= 0.6 is 12.4 Å². The van der Waals surface area contributed by atoms with Crippen LogP contribution in [0.3, 0.4) is 0 Å². The Balaban J connectivity index is 0.00000280. The second-order valence-electron chi connectivity index (χ2n) is 7.07. The van der Waals surface area contributed by atoms with Crippen LogP contribution in [0.2, 0.25) is 0 Å². The van der Waals surface area contributed by atoms with Gasteiger partial charge in [0.1, 0.15) is 0 Å². The van der Waals surface area contributed by atoms with Gasteiger partial charge in [0.05, 0.1) is 5.92 Å². The number of hydrogen-bond acceptors (Lipinski definition) is 3. The second-order valence-corrected chi connectivity index (χ2v) is 7.07. The molecule has 148 valence electrons. The maximum Gasteiger partial charge on any atom is 0.310 e. The van der Waals surface area contributed by atoms with Gasteiger partial charge in [0.15, 0.2) is 0 Å². The number of aliphatic carboxylic acids is 1. The zero-order valence-electron chi connectivity index (χ0n) is 16.0. The zero-order valence-corrected chi connectivity index (χ0v) is 16.9. The summed E-state index contributed by atoms with van der Waals surface area (Å²) in [4.78, 5) is 15.7. The summed E-state index contributed by atoms with van der Waals surface area (Å²) in [7, 11) is 0. The maximum absolute atomic E-state index is 11.6. The molecular formula is C23H27ClN2O2. The van der Waals surface area contributed by atoms with Gasteiger partial charge in [-0.2, -0.15) is 0 Å². The van der Waals surface area contributed by atoms with Crippen molar-refractivity contribution in [3.63, 3.8) is 0 Å². The number of carboxylic acid groups (broad SMARTS) is 1. The minimum absolute atomic E-state index is 0. The van der Waals surface area contributed by atoms with E-state index in [-0.39, 0.29) is 12.4 Å². The predicted octanol–water partition coefficient (Wildman–Crippen LogP) is 5.17. The lowest BCUT2D eigenvalue weighted by Crippen LogP contribution is -2.25. The van der Waals surface area contributed by atoms with Crippen molar-refractivity contribution in [2.24, 2.45) is 0 Å². The molecule has 28 heavy (non-hydrogen) atoms. The van der Waals surface area contributed by atoms with Crippen LogP contribution in [0.5, 0.6) is 0 Å². The normalized spacial score (nSPS) is 12.9. The highest BCUT2D eigenvalue weighted by atomic mass is 35.5. The third kappa shape index (κ3) is 6.04. The van der Waals surface area contributed by atoms with Gasteiger partial charge < -0.3 is 10.4 Å². The summed E-state index contributed by atoms with van der Waals surface area (Å²) < 4.78 is 0. The first kappa shape index (κ1) is 21.9. The van der Waals surface area contributed by atoms with Crippen LogP contribution in [0.15, 0.2) is 67.0 Å². The number of rotatable bonds is 9. The molecule has 0 aliphatic heterocycles. The molecule has 1 aromatic heterocycles. The highest BCUT2D eigenvalue weighted by Crippen LogP contribution is 2.23. The molecule has 0 bridgehead atoms. The van der Waals surface area contributed by atoms with Gasteiger partial charge in [-0.3, -0.25) is 9.78 Å². The van der Waals surface area contributed by atoms with Gasteiger partial charge in [0.25, 0.3) is 0 Å². The number of pyridine rings is 1. The van der Waals surface area contributed by atoms with E-state index < -0.39 is 11.9 Å². The van der Waals surface area contributed by atoms with Gasteiger partial charge in [-0.1, -0.05) is 48.9 Å². The third-order valence-electron chi connectivity index (χ3n) is 4.99. The fourth-order valence-electron chi connectivity index (χ4n) is 3.38. The molecule has 2 N–H and O–H groups in total. The average molecular weight is 399 g/mol. The van der Waals surface area contributed by atoms with Crippen molar-refractivity contribution in [1.29, 1.82) is 0 Å². The Labute approximate surface area is 172 Å². The van der Waals surface area contributed by atoms with E-state index >= 15 is 0 Å². The fourth-order valence-corrected chi connectivity index (χ4v) is 3.38. The number of hydrogen-bond donors (Lipinski definition) is 2. The average Bonchev–Trinajstić information content (AvgIpc) is 2.70. The number of halogens is 1. The van der Waals surface area contributed by atoms with E-state index in [0.29, 0.717) is 12.5 Å². The summed E-state index contributed by atoms with van der Waals surface area (Å²) in [6.07, 6.45) is 6.18. The van der Waals surface area contributed by atoms with Gasteiger partial charge in [-0.25, -0.2) is 0 Å². The smallest absolute Gasteiger partial charge is 0.310 e. The molecule has 0 aliphatic carbocycles. The molecule has 0 fully saturated rings. The first-order valence-corrected chi connectivity index (χ1v) is 9.47. The lowest BCUT2D eigenvalue weighted by Gasteiger charge is -2.16. The lowest BCUT2D eigenvalue weighted by molar-refractivity contribution is -0.139. The first-order chi connectivity index (χ1) is 13.1. The van der Waals surface area contributed by atoms with Crippen LogP contribution in [-0.2, 0) is 11.3 Å². The Morgan fingerprint density at radius 3 is 2.61 bits per heavy atom. The van der Waals surface area contributed by atoms with Gasteiger partial charge in [-0.05, 0) is 48.4 Å². The molecule has 5 heteroatoms. The van der Waals surface area contributed by atoms with Gasteiger partial charge in [0.2, 0.25) is 0 Å². The third-order valence-corrected chi connectivity index (χ3v) is 4.99. The maximum atomic E-state index is 11.6. The molecule has 4 nitrogen and oxygen atoms in total. The number of carbonyl (C=O) groups is 1. The molecule has 3 rings (SSSR count). The topological polar surface area (TPSA) is 62.2 Å². The van der Waals surface area contributed by atoms with Crippen LogP contribution in [-0.4, -0.2) is 22.1 Å². The number of nitrogens with zero attached hydrogens (tertiary/aromatic N) is 1.